The smallest absolute Gasteiger partial charge is 0.150 e. The highest BCUT2D eigenvalue weighted by molar-refractivity contribution is 14.1. The van der Waals surface area contributed by atoms with E-state index in [2.05, 4.69) is 29.5 Å². The van der Waals surface area contributed by atoms with Crippen molar-refractivity contribution in [3.8, 4) is 5.75 Å². The van der Waals surface area contributed by atoms with Gasteiger partial charge >= 0.3 is 0 Å². The largest absolute Gasteiger partial charge is 0.494 e. The Labute approximate surface area is 97.8 Å². The van der Waals surface area contributed by atoms with Crippen molar-refractivity contribution in [3.63, 3.8) is 0 Å². The molecule has 14 heavy (non-hydrogen) atoms. The molecule has 0 unspecified atom stereocenters. The number of rotatable bonds is 5. The van der Waals surface area contributed by atoms with Gasteiger partial charge < -0.3 is 4.74 Å². The zero-order valence-corrected chi connectivity index (χ0v) is 10.3. The van der Waals surface area contributed by atoms with E-state index in [0.29, 0.717) is 5.56 Å². The van der Waals surface area contributed by atoms with Crippen LogP contribution < -0.4 is 4.74 Å². The number of hydrogen-bond acceptors (Lipinski definition) is 2. The molecule has 0 bridgehead atoms. The maximum atomic E-state index is 10.6. The summed E-state index contributed by atoms with van der Waals surface area (Å²) in [6.07, 6.45) is 3.00. The van der Waals surface area contributed by atoms with Gasteiger partial charge in [-0.3, -0.25) is 4.79 Å². The van der Waals surface area contributed by atoms with Crippen molar-refractivity contribution in [1.82, 2.24) is 0 Å². The summed E-state index contributed by atoms with van der Waals surface area (Å²) in [5, 5.41) is 0. The Kier molecular flexibility index (Phi) is 4.93. The first-order valence-corrected chi connectivity index (χ1v) is 5.72. The minimum absolute atomic E-state index is 0.670. The SMILES string of the molecule is CCCCOc1cc(I)cc(C=O)c1. The van der Waals surface area contributed by atoms with E-state index in [0.717, 1.165) is 35.1 Å². The molecule has 0 N–H and O–H groups in total. The van der Waals surface area contributed by atoms with Crippen LogP contribution in [0.25, 0.3) is 0 Å². The van der Waals surface area contributed by atoms with Crippen LogP contribution in [0.2, 0.25) is 0 Å². The van der Waals surface area contributed by atoms with Gasteiger partial charge in [-0.15, -0.1) is 0 Å². The molecule has 0 heterocycles. The third kappa shape index (κ3) is 3.65. The van der Waals surface area contributed by atoms with Crippen molar-refractivity contribution in [2.75, 3.05) is 6.61 Å². The first-order valence-electron chi connectivity index (χ1n) is 4.65. The molecule has 76 valence electrons. The van der Waals surface area contributed by atoms with Gasteiger partial charge in [-0.25, -0.2) is 0 Å². The van der Waals surface area contributed by atoms with Crippen molar-refractivity contribution in [1.29, 1.82) is 0 Å². The molecular formula is C11H13IO2. The summed E-state index contributed by atoms with van der Waals surface area (Å²) in [5.41, 5.74) is 0.670. The molecule has 0 spiro atoms. The highest BCUT2D eigenvalue weighted by Crippen LogP contribution is 2.18. The topological polar surface area (TPSA) is 26.3 Å². The summed E-state index contributed by atoms with van der Waals surface area (Å²) in [4.78, 5) is 10.6. The zero-order chi connectivity index (χ0) is 10.4. The van der Waals surface area contributed by atoms with Crippen LogP contribution in [-0.2, 0) is 0 Å². The van der Waals surface area contributed by atoms with Gasteiger partial charge in [0.05, 0.1) is 6.61 Å². The Bertz CT molecular complexity index is 310. The Morgan fingerprint density at radius 3 is 2.86 bits per heavy atom. The van der Waals surface area contributed by atoms with Crippen LogP contribution in [0, 0.1) is 3.57 Å². The Balaban J connectivity index is 2.66. The predicted molar refractivity (Wildman–Crippen MR) is 64.9 cm³/mol. The third-order valence-corrected chi connectivity index (χ3v) is 2.42. The van der Waals surface area contributed by atoms with Crippen LogP contribution in [-0.4, -0.2) is 12.9 Å². The van der Waals surface area contributed by atoms with Gasteiger partial charge in [-0.05, 0) is 47.2 Å². The molecule has 0 aliphatic carbocycles. The molecular weight excluding hydrogens is 291 g/mol. The molecule has 2 nitrogen and oxygen atoms in total. The lowest BCUT2D eigenvalue weighted by molar-refractivity contribution is 0.112. The number of halogens is 1. The molecule has 0 aliphatic rings. The van der Waals surface area contributed by atoms with Crippen molar-refractivity contribution in [2.45, 2.75) is 19.8 Å². The van der Waals surface area contributed by atoms with E-state index in [1.165, 1.54) is 0 Å². The van der Waals surface area contributed by atoms with Gasteiger partial charge in [0.1, 0.15) is 12.0 Å². The number of unbranched alkanes of at least 4 members (excludes halogenated alkanes) is 1. The lowest BCUT2D eigenvalue weighted by Crippen LogP contribution is -1.97. The predicted octanol–water partition coefficient (Wildman–Crippen LogP) is 3.28. The van der Waals surface area contributed by atoms with Gasteiger partial charge in [-0.1, -0.05) is 13.3 Å². The summed E-state index contributed by atoms with van der Waals surface area (Å²) < 4.78 is 6.53. The second-order valence-electron chi connectivity index (χ2n) is 3.04. The average molecular weight is 304 g/mol. The van der Waals surface area contributed by atoms with Crippen molar-refractivity contribution >= 4 is 28.9 Å². The number of ether oxygens (including phenoxy) is 1. The fourth-order valence-electron chi connectivity index (χ4n) is 1.07. The molecule has 0 atom stereocenters. The van der Waals surface area contributed by atoms with Crippen molar-refractivity contribution in [3.05, 3.63) is 27.3 Å². The van der Waals surface area contributed by atoms with Crippen LogP contribution in [0.15, 0.2) is 18.2 Å². The van der Waals surface area contributed by atoms with E-state index in [1.807, 2.05) is 12.1 Å². The number of aldehydes is 1. The highest BCUT2D eigenvalue weighted by atomic mass is 127. The minimum atomic E-state index is 0.670. The molecule has 0 saturated carbocycles. The van der Waals surface area contributed by atoms with E-state index < -0.39 is 0 Å². The van der Waals surface area contributed by atoms with Crippen LogP contribution in [0.4, 0.5) is 0 Å². The molecule has 0 saturated heterocycles. The van der Waals surface area contributed by atoms with Crippen LogP contribution in [0.1, 0.15) is 30.1 Å². The quantitative estimate of drug-likeness (QED) is 0.474. The van der Waals surface area contributed by atoms with E-state index in [1.54, 1.807) is 6.07 Å². The Hall–Kier alpha value is -0.580. The second kappa shape index (κ2) is 6.01. The molecule has 0 radical (unpaired) electrons. The molecule has 1 aromatic rings. The summed E-state index contributed by atoms with van der Waals surface area (Å²) in [7, 11) is 0. The van der Waals surface area contributed by atoms with Gasteiger partial charge in [0.15, 0.2) is 0 Å². The minimum Gasteiger partial charge on any atom is -0.494 e. The van der Waals surface area contributed by atoms with E-state index in [4.69, 9.17) is 4.74 Å². The maximum Gasteiger partial charge on any atom is 0.150 e. The van der Waals surface area contributed by atoms with Gasteiger partial charge in [0, 0.05) is 9.13 Å². The number of hydrogen-bond donors (Lipinski definition) is 0. The molecule has 1 aromatic carbocycles. The molecule has 1 rings (SSSR count). The van der Waals surface area contributed by atoms with Gasteiger partial charge in [-0.2, -0.15) is 0 Å². The van der Waals surface area contributed by atoms with E-state index in [-0.39, 0.29) is 0 Å². The van der Waals surface area contributed by atoms with Gasteiger partial charge in [0.25, 0.3) is 0 Å². The maximum absolute atomic E-state index is 10.6. The standard InChI is InChI=1S/C11H13IO2/c1-2-3-4-14-11-6-9(8-13)5-10(12)7-11/h5-8H,2-4H2,1H3. The fourth-order valence-corrected chi connectivity index (χ4v) is 1.74. The van der Waals surface area contributed by atoms with E-state index >= 15 is 0 Å². The third-order valence-electron chi connectivity index (χ3n) is 1.80. The highest BCUT2D eigenvalue weighted by Gasteiger charge is 1.99. The normalized spacial score (nSPS) is 9.86. The lowest BCUT2D eigenvalue weighted by Gasteiger charge is -2.06. The summed E-state index contributed by atoms with van der Waals surface area (Å²) in [5.74, 6) is 0.785. The molecule has 0 aliphatic heterocycles. The number of carbonyl (C=O) groups excluding carboxylic acids is 1. The zero-order valence-electron chi connectivity index (χ0n) is 8.13. The molecule has 0 amide bonds. The monoisotopic (exact) mass is 304 g/mol. The lowest BCUT2D eigenvalue weighted by atomic mass is 10.2. The average Bonchev–Trinajstić information content (AvgIpc) is 2.17. The van der Waals surface area contributed by atoms with Crippen molar-refractivity contribution < 1.29 is 9.53 Å². The van der Waals surface area contributed by atoms with E-state index in [9.17, 15) is 4.79 Å². The summed E-state index contributed by atoms with van der Waals surface area (Å²) in [6.45, 7) is 2.84. The Morgan fingerprint density at radius 2 is 2.21 bits per heavy atom. The summed E-state index contributed by atoms with van der Waals surface area (Å²) >= 11 is 2.18. The second-order valence-corrected chi connectivity index (χ2v) is 4.29. The Morgan fingerprint density at radius 1 is 1.43 bits per heavy atom. The van der Waals surface area contributed by atoms with Gasteiger partial charge in [0.2, 0.25) is 0 Å². The number of benzene rings is 1. The van der Waals surface area contributed by atoms with Crippen LogP contribution in [0.3, 0.4) is 0 Å². The first kappa shape index (κ1) is 11.5. The first-order chi connectivity index (χ1) is 6.76. The molecule has 0 fully saturated rings. The van der Waals surface area contributed by atoms with Crippen molar-refractivity contribution in [2.24, 2.45) is 0 Å². The molecule has 3 heteroatoms. The number of carbonyl (C=O) groups is 1. The fraction of sp³-hybridized carbons (Fsp3) is 0.364. The summed E-state index contributed by atoms with van der Waals surface area (Å²) in [6, 6.07) is 5.54. The van der Waals surface area contributed by atoms with Crippen LogP contribution >= 0.6 is 22.6 Å². The molecule has 0 aromatic heterocycles. The van der Waals surface area contributed by atoms with Crippen LogP contribution in [0.5, 0.6) is 5.75 Å².